The van der Waals surface area contributed by atoms with Crippen LogP contribution in [0.2, 0.25) is 5.02 Å². The zero-order chi connectivity index (χ0) is 12.4. The van der Waals surface area contributed by atoms with Gasteiger partial charge in [-0.1, -0.05) is 22.8 Å². The maximum atomic E-state index is 8.34. The molecule has 0 unspecified atom stereocenters. The molecule has 0 amide bonds. The van der Waals surface area contributed by atoms with E-state index >= 15 is 0 Å². The largest absolute Gasteiger partial charge is 0.236 e. The van der Waals surface area contributed by atoms with Crippen molar-refractivity contribution in [3.63, 3.8) is 0 Å². The predicted octanol–water partition coefficient (Wildman–Crippen LogP) is 4.08. The molecule has 0 fully saturated rings. The van der Waals surface area contributed by atoms with Crippen molar-refractivity contribution in [2.75, 3.05) is 0 Å². The number of hydrogen-bond donors (Lipinski definition) is 0. The number of aryl methyl sites for hydroxylation is 2. The first-order chi connectivity index (χ1) is 8.11. The topological polar surface area (TPSA) is 66.6 Å². The minimum atomic E-state index is 0.489. The molecule has 1 aromatic heterocycles. The second-order valence-electron chi connectivity index (χ2n) is 3.66. The summed E-state index contributed by atoms with van der Waals surface area (Å²) in [5, 5.41) is 8.34. The molecule has 6 heteroatoms. The Kier molecular flexibility index (Phi) is 3.04. The number of rotatable bonds is 2. The van der Waals surface area contributed by atoms with Gasteiger partial charge in [0.15, 0.2) is 0 Å². The van der Waals surface area contributed by atoms with E-state index in [1.807, 2.05) is 19.9 Å². The average molecular weight is 248 g/mol. The fourth-order valence-electron chi connectivity index (χ4n) is 1.65. The first kappa shape index (κ1) is 11.5. The molecule has 0 aliphatic carbocycles. The van der Waals surface area contributed by atoms with Crippen molar-refractivity contribution in [1.29, 1.82) is 0 Å². The molecule has 5 nitrogen and oxygen atoms in total. The van der Waals surface area contributed by atoms with Gasteiger partial charge in [0, 0.05) is 16.3 Å². The van der Waals surface area contributed by atoms with E-state index in [1.54, 1.807) is 22.9 Å². The van der Waals surface area contributed by atoms with Crippen LogP contribution in [0, 0.1) is 13.8 Å². The van der Waals surface area contributed by atoms with Gasteiger partial charge >= 0.3 is 0 Å². The summed E-state index contributed by atoms with van der Waals surface area (Å²) >= 11 is 6.14. The number of aromatic nitrogens is 2. The van der Waals surface area contributed by atoms with Crippen molar-refractivity contribution in [2.24, 2.45) is 5.11 Å². The molecule has 1 aromatic carbocycles. The van der Waals surface area contributed by atoms with Crippen molar-refractivity contribution in [2.45, 2.75) is 13.8 Å². The van der Waals surface area contributed by atoms with Crippen LogP contribution in [0.5, 0.6) is 0 Å². The molecule has 0 aliphatic heterocycles. The molecule has 17 heavy (non-hydrogen) atoms. The molecular formula is C11H10ClN5. The third-order valence-corrected chi connectivity index (χ3v) is 2.63. The van der Waals surface area contributed by atoms with Crippen molar-refractivity contribution < 1.29 is 0 Å². The summed E-state index contributed by atoms with van der Waals surface area (Å²) in [6, 6.07) is 7.08. The lowest BCUT2D eigenvalue weighted by Crippen LogP contribution is -1.99. The van der Waals surface area contributed by atoms with Gasteiger partial charge in [-0.15, -0.1) is 0 Å². The van der Waals surface area contributed by atoms with Gasteiger partial charge in [0.05, 0.1) is 16.4 Å². The first-order valence-corrected chi connectivity index (χ1v) is 5.38. The molecular weight excluding hydrogens is 238 g/mol. The maximum absolute atomic E-state index is 8.34. The van der Waals surface area contributed by atoms with Gasteiger partial charge < -0.3 is 0 Å². The van der Waals surface area contributed by atoms with Gasteiger partial charge in [-0.3, -0.25) is 0 Å². The van der Waals surface area contributed by atoms with Gasteiger partial charge in [0.2, 0.25) is 0 Å². The van der Waals surface area contributed by atoms with E-state index in [0.29, 0.717) is 10.7 Å². The van der Waals surface area contributed by atoms with Gasteiger partial charge in [-0.2, -0.15) is 5.10 Å². The highest BCUT2D eigenvalue weighted by Crippen LogP contribution is 2.26. The molecule has 0 atom stereocenters. The minimum Gasteiger partial charge on any atom is -0.236 e. The summed E-state index contributed by atoms with van der Waals surface area (Å²) in [7, 11) is 0. The summed E-state index contributed by atoms with van der Waals surface area (Å²) in [4.78, 5) is 2.72. The minimum absolute atomic E-state index is 0.489. The van der Waals surface area contributed by atoms with Crippen molar-refractivity contribution in [3.05, 3.63) is 51.1 Å². The van der Waals surface area contributed by atoms with Crippen molar-refractivity contribution >= 4 is 17.3 Å². The summed E-state index contributed by atoms with van der Waals surface area (Å²) in [5.74, 6) is 0. The highest BCUT2D eigenvalue weighted by molar-refractivity contribution is 6.32. The molecule has 0 saturated carbocycles. The maximum Gasteiger partial charge on any atom is 0.0835 e. The quantitative estimate of drug-likeness (QED) is 0.448. The van der Waals surface area contributed by atoms with Crippen LogP contribution in [0.1, 0.15) is 11.4 Å². The molecule has 0 N–H and O–H groups in total. The smallest absolute Gasteiger partial charge is 0.0835 e. The predicted molar refractivity (Wildman–Crippen MR) is 66.9 cm³/mol. The fraction of sp³-hybridized carbons (Fsp3) is 0.182. The van der Waals surface area contributed by atoms with Crippen LogP contribution in [0.15, 0.2) is 29.4 Å². The number of azide groups is 1. The Hall–Kier alpha value is -1.97. The highest BCUT2D eigenvalue weighted by Gasteiger charge is 2.07. The summed E-state index contributed by atoms with van der Waals surface area (Å²) in [6.07, 6.45) is 0. The van der Waals surface area contributed by atoms with E-state index in [1.165, 1.54) is 0 Å². The molecule has 2 rings (SSSR count). The monoisotopic (exact) mass is 247 g/mol. The average Bonchev–Trinajstić information content (AvgIpc) is 2.58. The lowest BCUT2D eigenvalue weighted by molar-refractivity contribution is 0.834. The van der Waals surface area contributed by atoms with E-state index in [2.05, 4.69) is 15.1 Å². The molecule has 0 spiro atoms. The van der Waals surface area contributed by atoms with Gasteiger partial charge in [-0.25, -0.2) is 4.68 Å². The summed E-state index contributed by atoms with van der Waals surface area (Å²) in [6.45, 7) is 3.88. The Bertz CT molecular complexity index is 610. The Morgan fingerprint density at radius 3 is 2.65 bits per heavy atom. The Balaban J connectivity index is 2.53. The lowest BCUT2D eigenvalue weighted by atomic mass is 10.3. The van der Waals surface area contributed by atoms with Gasteiger partial charge in [0.1, 0.15) is 0 Å². The van der Waals surface area contributed by atoms with Crippen LogP contribution in [-0.2, 0) is 0 Å². The normalized spacial score (nSPS) is 10.1. The Labute approximate surface area is 103 Å². The molecule has 2 aromatic rings. The molecule has 0 bridgehead atoms. The van der Waals surface area contributed by atoms with Crippen LogP contribution in [0.25, 0.3) is 16.1 Å². The Morgan fingerprint density at radius 1 is 1.35 bits per heavy atom. The number of benzene rings is 1. The molecule has 86 valence electrons. The summed E-state index contributed by atoms with van der Waals surface area (Å²) in [5.41, 5.74) is 11.5. The van der Waals surface area contributed by atoms with Crippen LogP contribution in [0.3, 0.4) is 0 Å². The van der Waals surface area contributed by atoms with Crippen molar-refractivity contribution in [1.82, 2.24) is 9.78 Å². The molecule has 0 radical (unpaired) electrons. The van der Waals surface area contributed by atoms with E-state index in [4.69, 9.17) is 17.1 Å². The SMILES string of the molecule is Cc1cc(C)n(-c2ccc(N=[N+]=[N-])cc2Cl)n1. The lowest BCUT2D eigenvalue weighted by Gasteiger charge is -2.07. The van der Waals surface area contributed by atoms with Crippen molar-refractivity contribution in [3.8, 4) is 5.69 Å². The van der Waals surface area contributed by atoms with E-state index < -0.39 is 0 Å². The third kappa shape index (κ3) is 2.25. The zero-order valence-corrected chi connectivity index (χ0v) is 10.2. The second-order valence-corrected chi connectivity index (χ2v) is 4.07. The van der Waals surface area contributed by atoms with Crippen LogP contribution in [0.4, 0.5) is 5.69 Å². The second kappa shape index (κ2) is 4.49. The van der Waals surface area contributed by atoms with Crippen LogP contribution >= 0.6 is 11.6 Å². The van der Waals surface area contributed by atoms with E-state index in [0.717, 1.165) is 17.1 Å². The first-order valence-electron chi connectivity index (χ1n) is 5.00. The standard InChI is InChI=1S/C11H10ClN5/c1-7-5-8(2)17(15-7)11-4-3-9(14-16-13)6-10(11)12/h3-6H,1-2H3. The van der Waals surface area contributed by atoms with Gasteiger partial charge in [0.25, 0.3) is 0 Å². The zero-order valence-electron chi connectivity index (χ0n) is 9.42. The van der Waals surface area contributed by atoms with Crippen LogP contribution in [-0.4, -0.2) is 9.78 Å². The van der Waals surface area contributed by atoms with Gasteiger partial charge in [-0.05, 0) is 37.6 Å². The number of halogens is 1. The molecule has 0 aliphatic rings. The number of hydrogen-bond acceptors (Lipinski definition) is 2. The number of nitrogens with zero attached hydrogens (tertiary/aromatic N) is 5. The third-order valence-electron chi connectivity index (χ3n) is 2.33. The van der Waals surface area contributed by atoms with E-state index in [-0.39, 0.29) is 0 Å². The fourth-order valence-corrected chi connectivity index (χ4v) is 1.91. The summed E-state index contributed by atoms with van der Waals surface area (Å²) < 4.78 is 1.76. The molecule has 0 saturated heterocycles. The Morgan fingerprint density at radius 2 is 2.12 bits per heavy atom. The van der Waals surface area contributed by atoms with E-state index in [9.17, 15) is 0 Å². The van der Waals surface area contributed by atoms with Crippen LogP contribution < -0.4 is 0 Å². The molecule has 1 heterocycles. The highest BCUT2D eigenvalue weighted by atomic mass is 35.5.